The molecule has 1 fully saturated rings. The zero-order valence-electron chi connectivity index (χ0n) is 19.5. The number of primary amides is 1. The lowest BCUT2D eigenvalue weighted by Crippen LogP contribution is -2.46. The molecule has 35 heavy (non-hydrogen) atoms. The van der Waals surface area contributed by atoms with Gasteiger partial charge in [-0.25, -0.2) is 4.79 Å². The highest BCUT2D eigenvalue weighted by Crippen LogP contribution is 2.35. The van der Waals surface area contributed by atoms with Gasteiger partial charge in [0.1, 0.15) is 12.4 Å². The van der Waals surface area contributed by atoms with E-state index in [1.165, 1.54) is 0 Å². The number of nitrogens with two attached hydrogens (primary N) is 1. The van der Waals surface area contributed by atoms with Crippen molar-refractivity contribution >= 4 is 46.6 Å². The van der Waals surface area contributed by atoms with Gasteiger partial charge in [0.15, 0.2) is 0 Å². The summed E-state index contributed by atoms with van der Waals surface area (Å²) in [5, 5.41) is 4.08. The first-order chi connectivity index (χ1) is 16.9. The SMILES string of the molecule is NC(=O)OCC1CC(=O)Nc2cc(OCCCCN3CCN(c4cccc(Cl)c4Cl)CC3)ccc21. The third kappa shape index (κ3) is 6.72. The lowest BCUT2D eigenvalue weighted by Gasteiger charge is -2.36. The molecule has 0 bridgehead atoms. The van der Waals surface area contributed by atoms with Crippen molar-refractivity contribution in [2.75, 3.05) is 56.2 Å². The Bertz CT molecular complexity index is 1060. The van der Waals surface area contributed by atoms with Crippen LogP contribution in [0, 0.1) is 0 Å². The zero-order valence-corrected chi connectivity index (χ0v) is 21.0. The minimum atomic E-state index is -0.843. The molecule has 0 spiro atoms. The number of rotatable bonds is 9. The molecular formula is C25H30Cl2N4O4. The van der Waals surface area contributed by atoms with Crippen LogP contribution in [0.25, 0.3) is 0 Å². The Balaban J connectivity index is 1.18. The quantitative estimate of drug-likeness (QED) is 0.472. The van der Waals surface area contributed by atoms with E-state index in [1.807, 2.05) is 36.4 Å². The van der Waals surface area contributed by atoms with Crippen LogP contribution >= 0.6 is 23.2 Å². The van der Waals surface area contributed by atoms with Crippen molar-refractivity contribution < 1.29 is 19.1 Å². The summed E-state index contributed by atoms with van der Waals surface area (Å²) in [6.07, 6.45) is 1.37. The molecule has 0 aromatic heterocycles. The zero-order chi connectivity index (χ0) is 24.8. The van der Waals surface area contributed by atoms with Gasteiger partial charge in [-0.1, -0.05) is 35.3 Å². The van der Waals surface area contributed by atoms with E-state index in [9.17, 15) is 9.59 Å². The van der Waals surface area contributed by atoms with Crippen LogP contribution in [0.2, 0.25) is 10.0 Å². The summed E-state index contributed by atoms with van der Waals surface area (Å²) in [6.45, 7) is 5.49. The topological polar surface area (TPSA) is 97.1 Å². The van der Waals surface area contributed by atoms with E-state index >= 15 is 0 Å². The van der Waals surface area contributed by atoms with Crippen LogP contribution in [0.15, 0.2) is 36.4 Å². The van der Waals surface area contributed by atoms with Gasteiger partial charge in [0.2, 0.25) is 5.91 Å². The van der Waals surface area contributed by atoms with Crippen LogP contribution in [0.5, 0.6) is 5.75 Å². The molecule has 2 aliphatic rings. The number of anilines is 2. The molecule has 0 aliphatic carbocycles. The van der Waals surface area contributed by atoms with Crippen LogP contribution in [0.4, 0.5) is 16.2 Å². The number of unbranched alkanes of at least 4 members (excludes halogenated alkanes) is 1. The monoisotopic (exact) mass is 520 g/mol. The third-order valence-corrected chi connectivity index (χ3v) is 7.19. The number of fused-ring (bicyclic) bond motifs is 1. The maximum absolute atomic E-state index is 12.0. The largest absolute Gasteiger partial charge is 0.494 e. The predicted molar refractivity (Wildman–Crippen MR) is 138 cm³/mol. The van der Waals surface area contributed by atoms with E-state index in [-0.39, 0.29) is 24.9 Å². The summed E-state index contributed by atoms with van der Waals surface area (Å²) in [7, 11) is 0. The molecule has 4 rings (SSSR count). The number of carbonyl (C=O) groups excluding carboxylic acids is 2. The second-order valence-electron chi connectivity index (χ2n) is 8.79. The first-order valence-electron chi connectivity index (χ1n) is 11.8. The molecule has 188 valence electrons. The van der Waals surface area contributed by atoms with Gasteiger partial charge in [0.25, 0.3) is 0 Å². The normalized spacial score (nSPS) is 18.1. The third-order valence-electron chi connectivity index (χ3n) is 6.38. The van der Waals surface area contributed by atoms with Gasteiger partial charge in [0.05, 0.1) is 22.3 Å². The molecule has 2 aromatic rings. The Kier molecular flexibility index (Phi) is 8.59. The van der Waals surface area contributed by atoms with Crippen molar-refractivity contribution in [1.29, 1.82) is 0 Å². The van der Waals surface area contributed by atoms with E-state index in [2.05, 4.69) is 15.1 Å². The first kappa shape index (κ1) is 25.4. The molecule has 2 aromatic carbocycles. The van der Waals surface area contributed by atoms with Crippen molar-refractivity contribution in [3.8, 4) is 5.75 Å². The molecule has 1 atom stereocenters. The lowest BCUT2D eigenvalue weighted by atomic mass is 9.91. The average Bonchev–Trinajstić information content (AvgIpc) is 2.84. The summed E-state index contributed by atoms with van der Waals surface area (Å²) in [4.78, 5) is 27.7. The van der Waals surface area contributed by atoms with Crippen molar-refractivity contribution in [3.63, 3.8) is 0 Å². The molecule has 2 amide bonds. The van der Waals surface area contributed by atoms with Gasteiger partial charge in [-0.2, -0.15) is 0 Å². The van der Waals surface area contributed by atoms with Gasteiger partial charge in [0, 0.05) is 50.3 Å². The van der Waals surface area contributed by atoms with Gasteiger partial charge < -0.3 is 25.4 Å². The number of amides is 2. The predicted octanol–water partition coefficient (Wildman–Crippen LogP) is 4.50. The highest BCUT2D eigenvalue weighted by Gasteiger charge is 2.26. The molecule has 2 aliphatic heterocycles. The van der Waals surface area contributed by atoms with Crippen LogP contribution in [0.1, 0.15) is 30.7 Å². The van der Waals surface area contributed by atoms with Crippen molar-refractivity contribution in [2.24, 2.45) is 5.73 Å². The number of nitrogens with one attached hydrogen (secondary N) is 1. The Labute approximate surface area is 215 Å². The van der Waals surface area contributed by atoms with E-state index in [4.69, 9.17) is 38.4 Å². The van der Waals surface area contributed by atoms with E-state index in [0.29, 0.717) is 28.1 Å². The van der Waals surface area contributed by atoms with E-state index < -0.39 is 6.09 Å². The molecule has 10 heteroatoms. The van der Waals surface area contributed by atoms with Crippen LogP contribution in [-0.2, 0) is 9.53 Å². The fourth-order valence-electron chi connectivity index (χ4n) is 4.53. The van der Waals surface area contributed by atoms with E-state index in [0.717, 1.165) is 56.8 Å². The molecule has 1 saturated heterocycles. The van der Waals surface area contributed by atoms with Gasteiger partial charge in [-0.05, 0) is 43.1 Å². The lowest BCUT2D eigenvalue weighted by molar-refractivity contribution is -0.117. The Morgan fingerprint density at radius 3 is 2.69 bits per heavy atom. The number of hydrogen-bond acceptors (Lipinski definition) is 6. The minimum absolute atomic E-state index is 0.0797. The number of benzene rings is 2. The molecule has 8 nitrogen and oxygen atoms in total. The number of ether oxygens (including phenoxy) is 2. The molecular weight excluding hydrogens is 491 g/mol. The average molecular weight is 521 g/mol. The first-order valence-corrected chi connectivity index (χ1v) is 12.6. The van der Waals surface area contributed by atoms with Crippen molar-refractivity contribution in [1.82, 2.24) is 4.90 Å². The maximum atomic E-state index is 12.0. The van der Waals surface area contributed by atoms with Crippen molar-refractivity contribution in [3.05, 3.63) is 52.0 Å². The second kappa shape index (κ2) is 11.8. The molecule has 1 unspecified atom stereocenters. The summed E-state index contributed by atoms with van der Waals surface area (Å²) in [5.41, 5.74) is 7.66. The molecule has 2 heterocycles. The fourth-order valence-corrected chi connectivity index (χ4v) is 4.95. The second-order valence-corrected chi connectivity index (χ2v) is 9.57. The van der Waals surface area contributed by atoms with Gasteiger partial charge >= 0.3 is 6.09 Å². The van der Waals surface area contributed by atoms with Gasteiger partial charge in [-0.3, -0.25) is 9.69 Å². The fraction of sp³-hybridized carbons (Fsp3) is 0.440. The standard InChI is InChI=1S/C25H30Cl2N4O4/c26-20-4-3-5-22(24(20)27)31-11-9-30(10-12-31)8-1-2-13-34-18-6-7-19-17(16-35-25(28)33)14-23(32)29-21(19)15-18/h3-7,15,17H,1-2,8-14,16H2,(H2,28,33)(H,29,32). The molecule has 0 saturated carbocycles. The van der Waals surface area contributed by atoms with Crippen LogP contribution < -0.4 is 20.7 Å². The number of nitrogens with zero attached hydrogens (tertiary/aromatic N) is 2. The highest BCUT2D eigenvalue weighted by atomic mass is 35.5. The number of carbonyl (C=O) groups is 2. The minimum Gasteiger partial charge on any atom is -0.494 e. The number of hydrogen-bond donors (Lipinski definition) is 2. The summed E-state index contributed by atoms with van der Waals surface area (Å²) in [5.74, 6) is 0.369. The Morgan fingerprint density at radius 1 is 1.11 bits per heavy atom. The number of piperazine rings is 1. The summed E-state index contributed by atoms with van der Waals surface area (Å²) < 4.78 is 10.8. The van der Waals surface area contributed by atoms with Gasteiger partial charge in [-0.15, -0.1) is 0 Å². The number of halogens is 2. The molecule has 0 radical (unpaired) electrons. The maximum Gasteiger partial charge on any atom is 0.404 e. The molecule has 3 N–H and O–H groups in total. The van der Waals surface area contributed by atoms with Crippen molar-refractivity contribution in [2.45, 2.75) is 25.2 Å². The Hall–Kier alpha value is -2.68. The summed E-state index contributed by atoms with van der Waals surface area (Å²) >= 11 is 12.5. The highest BCUT2D eigenvalue weighted by molar-refractivity contribution is 6.43. The van der Waals surface area contributed by atoms with E-state index in [1.54, 1.807) is 0 Å². The van der Waals surface area contributed by atoms with Crippen LogP contribution in [-0.4, -0.2) is 62.8 Å². The smallest absolute Gasteiger partial charge is 0.404 e. The Morgan fingerprint density at radius 2 is 1.91 bits per heavy atom. The summed E-state index contributed by atoms with van der Waals surface area (Å²) in [6, 6.07) is 11.4. The van der Waals surface area contributed by atoms with Crippen LogP contribution in [0.3, 0.4) is 0 Å².